The molecule has 2 atom stereocenters. The van der Waals surface area contributed by atoms with E-state index in [9.17, 15) is 9.59 Å². The molecular weight excluding hydrogens is 128 g/mol. The minimum atomic E-state index is -0.200. The number of rotatable bonds is 2. The van der Waals surface area contributed by atoms with Crippen LogP contribution in [-0.2, 0) is 9.59 Å². The Labute approximate surface area is 59.6 Å². The molecular formula is C8H10O2. The van der Waals surface area contributed by atoms with Crippen LogP contribution in [0.1, 0.15) is 25.7 Å². The molecule has 0 aliphatic heterocycles. The molecule has 0 heterocycles. The average Bonchev–Trinajstić information content (AvgIpc) is 2.51. The van der Waals surface area contributed by atoms with Crippen LogP contribution in [0.3, 0.4) is 0 Å². The maximum atomic E-state index is 10.6. The molecule has 2 heteroatoms. The molecule has 2 rings (SSSR count). The molecule has 54 valence electrons. The van der Waals surface area contributed by atoms with Crippen molar-refractivity contribution in [2.75, 3.05) is 0 Å². The fourth-order valence-electron chi connectivity index (χ4n) is 2.35. The largest absolute Gasteiger partial charge is 0.303 e. The van der Waals surface area contributed by atoms with Crippen molar-refractivity contribution in [2.24, 2.45) is 10.8 Å². The van der Waals surface area contributed by atoms with Crippen molar-refractivity contribution in [3.05, 3.63) is 0 Å². The second kappa shape index (κ2) is 1.49. The van der Waals surface area contributed by atoms with E-state index in [1.807, 2.05) is 0 Å². The highest BCUT2D eigenvalue weighted by molar-refractivity contribution is 5.81. The van der Waals surface area contributed by atoms with Crippen molar-refractivity contribution in [1.82, 2.24) is 0 Å². The number of carbonyl (C=O) groups excluding carboxylic acids is 2. The molecule has 10 heavy (non-hydrogen) atoms. The van der Waals surface area contributed by atoms with Gasteiger partial charge in [0.15, 0.2) is 0 Å². The van der Waals surface area contributed by atoms with E-state index in [0.29, 0.717) is 0 Å². The van der Waals surface area contributed by atoms with E-state index in [4.69, 9.17) is 0 Å². The van der Waals surface area contributed by atoms with E-state index in [1.165, 1.54) is 0 Å². The lowest BCUT2D eigenvalue weighted by Crippen LogP contribution is -2.09. The van der Waals surface area contributed by atoms with Crippen LogP contribution in [0.2, 0.25) is 0 Å². The van der Waals surface area contributed by atoms with Gasteiger partial charge >= 0.3 is 0 Å². The fraction of sp³-hybridized carbons (Fsp3) is 0.750. The average molecular weight is 138 g/mol. The molecule has 2 unspecified atom stereocenters. The van der Waals surface area contributed by atoms with Crippen LogP contribution in [0, 0.1) is 10.8 Å². The van der Waals surface area contributed by atoms with Gasteiger partial charge in [-0.2, -0.15) is 0 Å². The predicted octanol–water partition coefficient (Wildman–Crippen LogP) is 0.945. The van der Waals surface area contributed by atoms with Crippen LogP contribution in [-0.4, -0.2) is 12.6 Å². The summed E-state index contributed by atoms with van der Waals surface area (Å²) >= 11 is 0. The molecule has 2 aliphatic carbocycles. The fourth-order valence-corrected chi connectivity index (χ4v) is 2.35. The van der Waals surface area contributed by atoms with E-state index < -0.39 is 0 Å². The Kier molecular flexibility index (Phi) is 0.908. The maximum Gasteiger partial charge on any atom is 0.127 e. The molecule has 0 aromatic heterocycles. The van der Waals surface area contributed by atoms with Gasteiger partial charge in [-0.05, 0) is 19.3 Å². The van der Waals surface area contributed by atoms with Crippen molar-refractivity contribution in [2.45, 2.75) is 25.7 Å². The molecule has 0 saturated heterocycles. The standard InChI is InChI=1S/C8H10O2/c9-5-7-2-1-3-8(7,4-7)6-10/h5-6H,1-4H2. The molecule has 2 aliphatic rings. The highest BCUT2D eigenvalue weighted by Gasteiger charge is 2.70. The van der Waals surface area contributed by atoms with E-state index in [0.717, 1.165) is 38.3 Å². The van der Waals surface area contributed by atoms with Crippen molar-refractivity contribution in [1.29, 1.82) is 0 Å². The normalized spacial score (nSPS) is 50.0. The summed E-state index contributed by atoms with van der Waals surface area (Å²) in [6.07, 6.45) is 5.75. The summed E-state index contributed by atoms with van der Waals surface area (Å²) in [5.41, 5.74) is -0.399. The lowest BCUT2D eigenvalue weighted by Gasteiger charge is -2.01. The zero-order valence-corrected chi connectivity index (χ0v) is 5.80. The van der Waals surface area contributed by atoms with Crippen molar-refractivity contribution in [3.63, 3.8) is 0 Å². The first-order valence-electron chi connectivity index (χ1n) is 3.71. The second-order valence-corrected chi connectivity index (χ2v) is 3.58. The van der Waals surface area contributed by atoms with Gasteiger partial charge in [0.25, 0.3) is 0 Å². The van der Waals surface area contributed by atoms with Gasteiger partial charge in [-0.3, -0.25) is 0 Å². The summed E-state index contributed by atoms with van der Waals surface area (Å²) in [7, 11) is 0. The number of fused-ring (bicyclic) bond motifs is 1. The summed E-state index contributed by atoms with van der Waals surface area (Å²) in [6.45, 7) is 0. The molecule has 0 bridgehead atoms. The summed E-state index contributed by atoms with van der Waals surface area (Å²) in [6, 6.07) is 0. The third kappa shape index (κ3) is 0.425. The zero-order valence-electron chi connectivity index (χ0n) is 5.80. The van der Waals surface area contributed by atoms with Crippen molar-refractivity contribution < 1.29 is 9.59 Å². The summed E-state index contributed by atoms with van der Waals surface area (Å²) in [5.74, 6) is 0. The summed E-state index contributed by atoms with van der Waals surface area (Å²) < 4.78 is 0. The highest BCUT2D eigenvalue weighted by atomic mass is 16.1. The third-order valence-corrected chi connectivity index (χ3v) is 3.19. The number of hydrogen-bond acceptors (Lipinski definition) is 2. The monoisotopic (exact) mass is 138 g/mol. The Morgan fingerprint density at radius 2 is 1.50 bits per heavy atom. The quantitative estimate of drug-likeness (QED) is 0.532. The van der Waals surface area contributed by atoms with Gasteiger partial charge in [0.1, 0.15) is 12.6 Å². The van der Waals surface area contributed by atoms with Gasteiger partial charge in [-0.25, -0.2) is 0 Å². The Morgan fingerprint density at radius 3 is 1.80 bits per heavy atom. The van der Waals surface area contributed by atoms with E-state index in [2.05, 4.69) is 0 Å². The minimum absolute atomic E-state index is 0.200. The van der Waals surface area contributed by atoms with Crippen LogP contribution in [0.25, 0.3) is 0 Å². The van der Waals surface area contributed by atoms with Crippen molar-refractivity contribution >= 4 is 12.6 Å². The molecule has 0 N–H and O–H groups in total. The van der Waals surface area contributed by atoms with Crippen LogP contribution < -0.4 is 0 Å². The van der Waals surface area contributed by atoms with Crippen LogP contribution in [0.5, 0.6) is 0 Å². The van der Waals surface area contributed by atoms with Crippen LogP contribution >= 0.6 is 0 Å². The SMILES string of the molecule is O=CC12CCCC1(C=O)C2. The lowest BCUT2D eigenvalue weighted by atomic mass is 10.00. The van der Waals surface area contributed by atoms with Crippen molar-refractivity contribution in [3.8, 4) is 0 Å². The molecule has 0 aromatic rings. The predicted molar refractivity (Wildman–Crippen MR) is 35.5 cm³/mol. The van der Waals surface area contributed by atoms with Crippen LogP contribution in [0.4, 0.5) is 0 Å². The van der Waals surface area contributed by atoms with E-state index in [-0.39, 0.29) is 10.8 Å². The van der Waals surface area contributed by atoms with Gasteiger partial charge in [0.05, 0.1) is 0 Å². The zero-order chi connectivity index (χ0) is 7.24. The topological polar surface area (TPSA) is 34.1 Å². The molecule has 2 fully saturated rings. The molecule has 2 saturated carbocycles. The van der Waals surface area contributed by atoms with Gasteiger partial charge in [-0.15, -0.1) is 0 Å². The molecule has 0 radical (unpaired) electrons. The first-order chi connectivity index (χ1) is 4.79. The second-order valence-electron chi connectivity index (χ2n) is 3.58. The summed E-state index contributed by atoms with van der Waals surface area (Å²) in [5, 5.41) is 0. The van der Waals surface area contributed by atoms with Crippen LogP contribution in [0.15, 0.2) is 0 Å². The molecule has 2 nitrogen and oxygen atoms in total. The first kappa shape index (κ1) is 6.08. The van der Waals surface area contributed by atoms with Gasteiger partial charge in [0.2, 0.25) is 0 Å². The lowest BCUT2D eigenvalue weighted by molar-refractivity contribution is -0.118. The Bertz CT molecular complexity index is 179. The molecule has 0 spiro atoms. The highest BCUT2D eigenvalue weighted by Crippen LogP contribution is 2.71. The van der Waals surface area contributed by atoms with Gasteiger partial charge in [-0.1, -0.05) is 6.42 Å². The molecule has 0 amide bonds. The van der Waals surface area contributed by atoms with E-state index >= 15 is 0 Å². The first-order valence-corrected chi connectivity index (χ1v) is 3.71. The number of aldehydes is 2. The Morgan fingerprint density at radius 1 is 1.00 bits per heavy atom. The Balaban J connectivity index is 2.31. The molecule has 0 aromatic carbocycles. The smallest absolute Gasteiger partial charge is 0.127 e. The Hall–Kier alpha value is -0.660. The minimum Gasteiger partial charge on any atom is -0.303 e. The van der Waals surface area contributed by atoms with Gasteiger partial charge < -0.3 is 9.59 Å². The van der Waals surface area contributed by atoms with E-state index in [1.54, 1.807) is 0 Å². The van der Waals surface area contributed by atoms with Gasteiger partial charge in [0, 0.05) is 10.8 Å². The summed E-state index contributed by atoms with van der Waals surface area (Å²) in [4.78, 5) is 21.2. The number of hydrogen-bond donors (Lipinski definition) is 0. The third-order valence-electron chi connectivity index (χ3n) is 3.19. The number of carbonyl (C=O) groups is 2. The maximum absolute atomic E-state index is 10.6.